The molecule has 0 aromatic heterocycles. The van der Waals surface area contributed by atoms with Gasteiger partial charge in [-0.1, -0.05) is 59.1 Å². The molecule has 6 heteroatoms. The SMILES string of the molecule is O=C1Nc2cc(Cl)ccc2/C1=C\c1ccc(OCc2ccc(Cl)c(Cl)c2)cc1. The Morgan fingerprint density at radius 2 is 1.68 bits per heavy atom. The Kier molecular flexibility index (Phi) is 5.31. The molecule has 140 valence electrons. The van der Waals surface area contributed by atoms with Crippen LogP contribution >= 0.6 is 34.8 Å². The molecule has 3 nitrogen and oxygen atoms in total. The van der Waals surface area contributed by atoms with Crippen LogP contribution in [0, 0.1) is 0 Å². The van der Waals surface area contributed by atoms with Gasteiger partial charge >= 0.3 is 0 Å². The molecule has 0 saturated heterocycles. The Hall–Kier alpha value is -2.46. The maximum atomic E-state index is 12.3. The first kappa shape index (κ1) is 18.9. The highest BCUT2D eigenvalue weighted by Crippen LogP contribution is 2.35. The molecule has 28 heavy (non-hydrogen) atoms. The van der Waals surface area contributed by atoms with E-state index in [1.54, 1.807) is 24.3 Å². The Morgan fingerprint density at radius 3 is 2.43 bits per heavy atom. The fourth-order valence-electron chi connectivity index (χ4n) is 2.93. The number of fused-ring (bicyclic) bond motifs is 1. The zero-order valence-electron chi connectivity index (χ0n) is 14.5. The summed E-state index contributed by atoms with van der Waals surface area (Å²) in [5, 5.41) is 4.43. The normalized spacial score (nSPS) is 14.1. The van der Waals surface area contributed by atoms with Crippen LogP contribution in [0.1, 0.15) is 16.7 Å². The van der Waals surface area contributed by atoms with Crippen molar-refractivity contribution in [1.82, 2.24) is 0 Å². The van der Waals surface area contributed by atoms with Crippen molar-refractivity contribution in [2.75, 3.05) is 5.32 Å². The molecule has 0 bridgehead atoms. The van der Waals surface area contributed by atoms with E-state index >= 15 is 0 Å². The second-order valence-corrected chi connectivity index (χ2v) is 7.56. The van der Waals surface area contributed by atoms with E-state index in [9.17, 15) is 4.79 Å². The summed E-state index contributed by atoms with van der Waals surface area (Å²) < 4.78 is 5.79. The predicted octanol–water partition coefficient (Wildman–Crippen LogP) is 6.72. The summed E-state index contributed by atoms with van der Waals surface area (Å²) in [7, 11) is 0. The summed E-state index contributed by atoms with van der Waals surface area (Å²) in [6.45, 7) is 0.383. The molecule has 0 radical (unpaired) electrons. The Balaban J connectivity index is 1.48. The van der Waals surface area contributed by atoms with E-state index in [2.05, 4.69) is 5.32 Å². The molecule has 3 aromatic rings. The Bertz CT molecular complexity index is 1090. The van der Waals surface area contributed by atoms with E-state index < -0.39 is 0 Å². The van der Waals surface area contributed by atoms with E-state index in [0.717, 1.165) is 28.1 Å². The van der Waals surface area contributed by atoms with Gasteiger partial charge in [0.1, 0.15) is 12.4 Å². The van der Waals surface area contributed by atoms with Gasteiger partial charge in [0.15, 0.2) is 0 Å². The molecule has 0 unspecified atom stereocenters. The predicted molar refractivity (Wildman–Crippen MR) is 115 cm³/mol. The number of amides is 1. The highest BCUT2D eigenvalue weighted by atomic mass is 35.5. The van der Waals surface area contributed by atoms with Crippen LogP contribution in [0.2, 0.25) is 15.1 Å². The molecule has 1 amide bonds. The molecule has 1 aliphatic rings. The largest absolute Gasteiger partial charge is 0.489 e. The molecule has 0 fully saturated rings. The van der Waals surface area contributed by atoms with E-state index in [4.69, 9.17) is 39.5 Å². The summed E-state index contributed by atoms with van der Waals surface area (Å²) in [5.74, 6) is 0.577. The van der Waals surface area contributed by atoms with Gasteiger partial charge in [0.25, 0.3) is 5.91 Å². The topological polar surface area (TPSA) is 38.3 Å². The summed E-state index contributed by atoms with van der Waals surface area (Å²) in [6.07, 6.45) is 1.85. The van der Waals surface area contributed by atoms with Crippen molar-refractivity contribution < 1.29 is 9.53 Å². The average molecular weight is 431 g/mol. The highest BCUT2D eigenvalue weighted by molar-refractivity contribution is 6.42. The van der Waals surface area contributed by atoms with Crippen LogP contribution < -0.4 is 10.1 Å². The molecule has 4 rings (SSSR count). The smallest absolute Gasteiger partial charge is 0.256 e. The maximum Gasteiger partial charge on any atom is 0.256 e. The number of benzene rings is 3. The lowest BCUT2D eigenvalue weighted by molar-refractivity contribution is -0.110. The number of rotatable bonds is 4. The minimum atomic E-state index is -0.141. The monoisotopic (exact) mass is 429 g/mol. The lowest BCUT2D eigenvalue weighted by atomic mass is 10.0. The minimum Gasteiger partial charge on any atom is -0.489 e. The quantitative estimate of drug-likeness (QED) is 0.467. The average Bonchev–Trinajstić information content (AvgIpc) is 2.98. The fraction of sp³-hybridized carbons (Fsp3) is 0.0455. The number of hydrogen-bond donors (Lipinski definition) is 1. The zero-order chi connectivity index (χ0) is 19.7. The highest BCUT2D eigenvalue weighted by Gasteiger charge is 2.23. The second kappa shape index (κ2) is 7.88. The lowest BCUT2D eigenvalue weighted by Crippen LogP contribution is -2.03. The van der Waals surface area contributed by atoms with E-state index in [1.807, 2.05) is 42.5 Å². The first-order valence-corrected chi connectivity index (χ1v) is 9.63. The van der Waals surface area contributed by atoms with Crippen LogP contribution in [-0.2, 0) is 11.4 Å². The zero-order valence-corrected chi connectivity index (χ0v) is 16.8. The van der Waals surface area contributed by atoms with Gasteiger partial charge in [0.2, 0.25) is 0 Å². The molecule has 0 saturated carbocycles. The van der Waals surface area contributed by atoms with Crippen molar-refractivity contribution in [1.29, 1.82) is 0 Å². The molecule has 0 atom stereocenters. The molecule has 1 aliphatic heterocycles. The molecule has 0 spiro atoms. The second-order valence-electron chi connectivity index (χ2n) is 6.31. The van der Waals surface area contributed by atoms with Crippen molar-refractivity contribution in [2.24, 2.45) is 0 Å². The lowest BCUT2D eigenvalue weighted by Gasteiger charge is -2.07. The first-order chi connectivity index (χ1) is 13.5. The first-order valence-electron chi connectivity index (χ1n) is 8.49. The molecule has 0 aliphatic carbocycles. The van der Waals surface area contributed by atoms with Gasteiger partial charge in [-0.15, -0.1) is 0 Å². The number of halogens is 3. The van der Waals surface area contributed by atoms with Crippen molar-refractivity contribution in [3.63, 3.8) is 0 Å². The molecular formula is C22H14Cl3NO2. The number of hydrogen-bond acceptors (Lipinski definition) is 2. The van der Waals surface area contributed by atoms with Gasteiger partial charge in [-0.2, -0.15) is 0 Å². The summed E-state index contributed by atoms with van der Waals surface area (Å²) in [6, 6.07) is 18.3. The van der Waals surface area contributed by atoms with Crippen LogP contribution in [0.3, 0.4) is 0 Å². The summed E-state index contributed by atoms with van der Waals surface area (Å²) >= 11 is 17.9. The van der Waals surface area contributed by atoms with Gasteiger partial charge in [0.05, 0.1) is 15.7 Å². The fourth-order valence-corrected chi connectivity index (χ4v) is 3.43. The molecule has 3 aromatic carbocycles. The molecule has 1 N–H and O–H groups in total. The van der Waals surface area contributed by atoms with Gasteiger partial charge in [-0.3, -0.25) is 4.79 Å². The van der Waals surface area contributed by atoms with Gasteiger partial charge < -0.3 is 10.1 Å². The Morgan fingerprint density at radius 1 is 0.893 bits per heavy atom. The van der Waals surface area contributed by atoms with Crippen LogP contribution in [0.15, 0.2) is 60.7 Å². The third kappa shape index (κ3) is 4.02. The summed E-state index contributed by atoms with van der Waals surface area (Å²) in [4.78, 5) is 12.3. The number of ether oxygens (including phenoxy) is 1. The van der Waals surface area contributed by atoms with Crippen LogP contribution in [0.25, 0.3) is 11.6 Å². The van der Waals surface area contributed by atoms with E-state index in [-0.39, 0.29) is 5.91 Å². The number of nitrogens with one attached hydrogen (secondary N) is 1. The third-order valence-corrected chi connectivity index (χ3v) is 5.32. The number of carbonyl (C=O) groups is 1. The Labute approximate surface area is 177 Å². The number of carbonyl (C=O) groups excluding carboxylic acids is 1. The van der Waals surface area contributed by atoms with Crippen molar-refractivity contribution in [3.8, 4) is 5.75 Å². The van der Waals surface area contributed by atoms with Crippen molar-refractivity contribution in [2.45, 2.75) is 6.61 Å². The third-order valence-electron chi connectivity index (χ3n) is 4.35. The van der Waals surface area contributed by atoms with Crippen LogP contribution in [-0.4, -0.2) is 5.91 Å². The minimum absolute atomic E-state index is 0.141. The van der Waals surface area contributed by atoms with Crippen LogP contribution in [0.4, 0.5) is 5.69 Å². The van der Waals surface area contributed by atoms with Gasteiger partial charge in [0, 0.05) is 16.2 Å². The molecular weight excluding hydrogens is 417 g/mol. The number of anilines is 1. The summed E-state index contributed by atoms with van der Waals surface area (Å²) in [5.41, 5.74) is 4.00. The van der Waals surface area contributed by atoms with Gasteiger partial charge in [-0.25, -0.2) is 0 Å². The maximum absolute atomic E-state index is 12.3. The van der Waals surface area contributed by atoms with Crippen LogP contribution in [0.5, 0.6) is 5.75 Å². The van der Waals surface area contributed by atoms with Crippen molar-refractivity contribution in [3.05, 3.63) is 92.4 Å². The standard InChI is InChI=1S/C22H14Cl3NO2/c23-15-4-7-17-18(22(27)26-21(17)11-15)9-13-1-5-16(6-2-13)28-12-14-3-8-19(24)20(25)10-14/h1-11H,12H2,(H,26,27)/b18-9+. The van der Waals surface area contributed by atoms with Gasteiger partial charge in [-0.05, 0) is 53.6 Å². The molecule has 1 heterocycles. The van der Waals surface area contributed by atoms with E-state index in [0.29, 0.717) is 27.2 Å². The van der Waals surface area contributed by atoms with E-state index in [1.165, 1.54) is 0 Å². The van der Waals surface area contributed by atoms with Crippen molar-refractivity contribution >= 4 is 58.0 Å².